The standard InChI is InChI=1S/C37H21N/c1-2-6-21-16-30-26(13-20(21)5-1)15-27-14-24-9-10-25-19-33-37(29-12-11-28(34(27)30)35(24)36(25)29)31-17-22-7-3-4-8-23(22)18-32(31)38-33/h1-14,16-19,38H,15H2. The largest absolute Gasteiger partial charge is 0.354 e. The third-order valence-corrected chi connectivity index (χ3v) is 9.03. The number of hydrogen-bond acceptors (Lipinski definition) is 0. The number of benzene rings is 8. The Hall–Kier alpha value is -4.88. The molecule has 1 N–H and O–H groups in total. The lowest BCUT2D eigenvalue weighted by Gasteiger charge is -2.15. The van der Waals surface area contributed by atoms with Crippen molar-refractivity contribution in [3.8, 4) is 11.1 Å². The van der Waals surface area contributed by atoms with Crippen LogP contribution in [0.1, 0.15) is 11.1 Å². The third kappa shape index (κ3) is 2.29. The quantitative estimate of drug-likeness (QED) is 0.208. The fourth-order valence-corrected chi connectivity index (χ4v) is 7.42. The zero-order valence-corrected chi connectivity index (χ0v) is 20.6. The summed E-state index contributed by atoms with van der Waals surface area (Å²) < 4.78 is 0. The summed E-state index contributed by atoms with van der Waals surface area (Å²) in [5.74, 6) is 0. The molecule has 9 aromatic rings. The van der Waals surface area contributed by atoms with E-state index in [1.54, 1.807) is 0 Å². The second kappa shape index (κ2) is 6.51. The van der Waals surface area contributed by atoms with Crippen molar-refractivity contribution in [2.75, 3.05) is 0 Å². The molecule has 0 saturated carbocycles. The minimum absolute atomic E-state index is 1.01. The maximum absolute atomic E-state index is 3.74. The van der Waals surface area contributed by atoms with E-state index < -0.39 is 0 Å². The molecule has 1 aliphatic carbocycles. The molecule has 0 aliphatic heterocycles. The van der Waals surface area contributed by atoms with Gasteiger partial charge >= 0.3 is 0 Å². The maximum Gasteiger partial charge on any atom is 0.0477 e. The van der Waals surface area contributed by atoms with Crippen molar-refractivity contribution in [3.05, 3.63) is 120 Å². The van der Waals surface area contributed by atoms with Crippen molar-refractivity contribution in [1.29, 1.82) is 0 Å². The number of nitrogens with one attached hydrogen (secondary N) is 1. The summed E-state index contributed by atoms with van der Waals surface area (Å²) in [6, 6.07) is 41.1. The van der Waals surface area contributed by atoms with Crippen LogP contribution in [0.2, 0.25) is 0 Å². The van der Waals surface area contributed by atoms with Gasteiger partial charge in [0.2, 0.25) is 0 Å². The molecule has 174 valence electrons. The Morgan fingerprint density at radius 1 is 0.421 bits per heavy atom. The number of H-pyrrole nitrogens is 1. The van der Waals surface area contributed by atoms with Gasteiger partial charge in [0.15, 0.2) is 0 Å². The number of hydrogen-bond donors (Lipinski definition) is 1. The van der Waals surface area contributed by atoms with Crippen LogP contribution in [-0.2, 0) is 6.42 Å². The summed E-state index contributed by atoms with van der Waals surface area (Å²) in [4.78, 5) is 3.74. The molecule has 1 heteroatoms. The fraction of sp³-hybridized carbons (Fsp3) is 0.0270. The van der Waals surface area contributed by atoms with E-state index in [4.69, 9.17) is 0 Å². The zero-order chi connectivity index (χ0) is 24.5. The van der Waals surface area contributed by atoms with Crippen LogP contribution in [0.25, 0.3) is 86.8 Å². The number of fused-ring (bicyclic) bond motifs is 10. The first-order chi connectivity index (χ1) is 18.8. The van der Waals surface area contributed by atoms with Crippen molar-refractivity contribution in [3.63, 3.8) is 0 Å². The maximum atomic E-state index is 3.74. The normalized spacial score (nSPS) is 13.2. The van der Waals surface area contributed by atoms with E-state index in [0.29, 0.717) is 0 Å². The Morgan fingerprint density at radius 2 is 1.03 bits per heavy atom. The third-order valence-electron chi connectivity index (χ3n) is 9.03. The molecule has 0 amide bonds. The second-order valence-corrected chi connectivity index (χ2v) is 11.0. The van der Waals surface area contributed by atoms with Crippen molar-refractivity contribution >= 4 is 75.7 Å². The number of aromatic nitrogens is 1. The SMILES string of the molecule is c1ccc2cc3c(cc2c1)Cc1cc2ccc4cc5[nH]c6cc7ccccc7cc6c5c5ccc(c1-3)c2c45. The highest BCUT2D eigenvalue weighted by molar-refractivity contribution is 6.34. The molecular formula is C37H21N. The Morgan fingerprint density at radius 3 is 1.84 bits per heavy atom. The van der Waals surface area contributed by atoms with Crippen molar-refractivity contribution in [2.45, 2.75) is 6.42 Å². The molecule has 0 fully saturated rings. The summed E-state index contributed by atoms with van der Waals surface area (Å²) in [6.45, 7) is 0. The van der Waals surface area contributed by atoms with E-state index in [1.807, 2.05) is 0 Å². The van der Waals surface area contributed by atoms with Crippen LogP contribution in [0.5, 0.6) is 0 Å². The van der Waals surface area contributed by atoms with Gasteiger partial charge in [-0.15, -0.1) is 0 Å². The molecule has 1 nitrogen and oxygen atoms in total. The smallest absolute Gasteiger partial charge is 0.0477 e. The van der Waals surface area contributed by atoms with E-state index in [0.717, 1.165) is 6.42 Å². The van der Waals surface area contributed by atoms with Crippen LogP contribution in [0.4, 0.5) is 0 Å². The molecule has 0 radical (unpaired) electrons. The van der Waals surface area contributed by atoms with Crippen molar-refractivity contribution in [2.24, 2.45) is 0 Å². The first kappa shape index (κ1) is 19.3. The summed E-state index contributed by atoms with van der Waals surface area (Å²) >= 11 is 0. The van der Waals surface area contributed by atoms with Crippen LogP contribution in [0.15, 0.2) is 109 Å². The van der Waals surface area contributed by atoms with Gasteiger partial charge in [-0.1, -0.05) is 84.9 Å². The van der Waals surface area contributed by atoms with Crippen LogP contribution < -0.4 is 0 Å². The molecule has 0 unspecified atom stereocenters. The molecular weight excluding hydrogens is 458 g/mol. The van der Waals surface area contributed by atoms with E-state index >= 15 is 0 Å². The molecule has 0 saturated heterocycles. The Bertz CT molecular complexity index is 2470. The monoisotopic (exact) mass is 479 g/mol. The van der Waals surface area contributed by atoms with Gasteiger partial charge in [-0.25, -0.2) is 0 Å². The average molecular weight is 480 g/mol. The molecule has 0 atom stereocenters. The predicted molar refractivity (Wildman–Crippen MR) is 163 cm³/mol. The lowest BCUT2D eigenvalue weighted by molar-refractivity contribution is 1.28. The highest BCUT2D eigenvalue weighted by Crippen LogP contribution is 2.48. The lowest BCUT2D eigenvalue weighted by Crippen LogP contribution is -1.89. The van der Waals surface area contributed by atoms with Gasteiger partial charge in [0, 0.05) is 21.8 Å². The van der Waals surface area contributed by atoms with Gasteiger partial charge in [0.1, 0.15) is 0 Å². The van der Waals surface area contributed by atoms with Crippen molar-refractivity contribution < 1.29 is 0 Å². The molecule has 0 spiro atoms. The van der Waals surface area contributed by atoms with Crippen LogP contribution in [0.3, 0.4) is 0 Å². The first-order valence-electron chi connectivity index (χ1n) is 13.4. The van der Waals surface area contributed by atoms with E-state index in [9.17, 15) is 0 Å². The van der Waals surface area contributed by atoms with Crippen LogP contribution in [-0.4, -0.2) is 4.98 Å². The Balaban J connectivity index is 1.37. The van der Waals surface area contributed by atoms with E-state index in [-0.39, 0.29) is 0 Å². The zero-order valence-electron chi connectivity index (χ0n) is 20.6. The van der Waals surface area contributed by atoms with Gasteiger partial charge in [-0.05, 0) is 107 Å². The minimum atomic E-state index is 1.01. The molecule has 1 heterocycles. The molecule has 1 aliphatic rings. The number of aromatic amines is 1. The summed E-state index contributed by atoms with van der Waals surface area (Å²) in [5.41, 5.74) is 8.14. The number of rotatable bonds is 0. The van der Waals surface area contributed by atoms with Gasteiger partial charge in [-0.2, -0.15) is 0 Å². The molecule has 1 aromatic heterocycles. The van der Waals surface area contributed by atoms with Gasteiger partial charge in [0.05, 0.1) is 0 Å². The van der Waals surface area contributed by atoms with Gasteiger partial charge in [-0.3, -0.25) is 0 Å². The fourth-order valence-electron chi connectivity index (χ4n) is 7.42. The van der Waals surface area contributed by atoms with Gasteiger partial charge in [0.25, 0.3) is 0 Å². The average Bonchev–Trinajstić information content (AvgIpc) is 3.49. The highest BCUT2D eigenvalue weighted by Gasteiger charge is 2.24. The Kier molecular flexibility index (Phi) is 3.30. The minimum Gasteiger partial charge on any atom is -0.354 e. The predicted octanol–water partition coefficient (Wildman–Crippen LogP) is 10.1. The lowest BCUT2D eigenvalue weighted by atomic mass is 9.87. The summed E-state index contributed by atoms with van der Waals surface area (Å²) in [7, 11) is 0. The summed E-state index contributed by atoms with van der Waals surface area (Å²) in [5, 5.41) is 16.0. The van der Waals surface area contributed by atoms with Crippen molar-refractivity contribution in [1.82, 2.24) is 4.98 Å². The topological polar surface area (TPSA) is 15.8 Å². The molecule has 38 heavy (non-hydrogen) atoms. The Labute approximate surface area is 218 Å². The first-order valence-corrected chi connectivity index (χ1v) is 13.4. The second-order valence-electron chi connectivity index (χ2n) is 11.0. The summed E-state index contributed by atoms with van der Waals surface area (Å²) in [6.07, 6.45) is 1.01. The van der Waals surface area contributed by atoms with Crippen LogP contribution >= 0.6 is 0 Å². The molecule has 0 bridgehead atoms. The molecule has 10 rings (SSSR count). The molecule has 8 aromatic carbocycles. The van der Waals surface area contributed by atoms with Gasteiger partial charge < -0.3 is 4.98 Å². The van der Waals surface area contributed by atoms with E-state index in [1.165, 1.54) is 97.9 Å². The highest BCUT2D eigenvalue weighted by atomic mass is 14.7. The van der Waals surface area contributed by atoms with Crippen LogP contribution in [0, 0.1) is 0 Å². The van der Waals surface area contributed by atoms with E-state index in [2.05, 4.69) is 114 Å².